The fourth-order valence-electron chi connectivity index (χ4n) is 3.50. The minimum absolute atomic E-state index is 0.0619. The van der Waals surface area contributed by atoms with Crippen LogP contribution in [0.4, 0.5) is 0 Å². The summed E-state index contributed by atoms with van der Waals surface area (Å²) in [7, 11) is 0. The molecule has 2 aliphatic rings. The summed E-state index contributed by atoms with van der Waals surface area (Å²) in [6, 6.07) is 2.20. The smallest absolute Gasteiger partial charge is 0.257 e. The van der Waals surface area contributed by atoms with Crippen molar-refractivity contribution in [3.05, 3.63) is 28.5 Å². The van der Waals surface area contributed by atoms with Gasteiger partial charge in [-0.25, -0.2) is 0 Å². The average Bonchev–Trinajstić information content (AvgIpc) is 2.82. The molecule has 1 amide bonds. The fraction of sp³-hybridized carbons (Fsp3) is 0.600. The number of pyridine rings is 1. The van der Waals surface area contributed by atoms with Gasteiger partial charge in [0.25, 0.3) is 5.91 Å². The van der Waals surface area contributed by atoms with Gasteiger partial charge in [0.15, 0.2) is 0 Å². The van der Waals surface area contributed by atoms with Gasteiger partial charge in [-0.3, -0.25) is 9.78 Å². The van der Waals surface area contributed by atoms with Crippen molar-refractivity contribution in [2.75, 3.05) is 6.54 Å². The average molecular weight is 279 g/mol. The topological polar surface area (TPSA) is 33.2 Å². The lowest BCUT2D eigenvalue weighted by atomic mass is 9.85. The summed E-state index contributed by atoms with van der Waals surface area (Å²) in [6.07, 6.45) is 7.74. The molecule has 1 saturated carbocycles. The van der Waals surface area contributed by atoms with Crippen LogP contribution in [0.25, 0.3) is 0 Å². The molecule has 0 aromatic carbocycles. The quantitative estimate of drug-likeness (QED) is 0.788. The SMILES string of the molecule is Cc1cc(Cl)c(C(=O)N2CCC3CCCCC32)cn1. The van der Waals surface area contributed by atoms with Crippen molar-refractivity contribution in [1.82, 2.24) is 9.88 Å². The maximum atomic E-state index is 12.6. The Morgan fingerprint density at radius 2 is 2.16 bits per heavy atom. The second kappa shape index (κ2) is 5.12. The van der Waals surface area contributed by atoms with Gasteiger partial charge in [0.2, 0.25) is 0 Å². The van der Waals surface area contributed by atoms with Gasteiger partial charge < -0.3 is 4.90 Å². The first-order chi connectivity index (χ1) is 9.16. The van der Waals surface area contributed by atoms with Gasteiger partial charge in [0, 0.05) is 24.5 Å². The molecule has 102 valence electrons. The molecule has 0 bridgehead atoms. The van der Waals surface area contributed by atoms with Gasteiger partial charge in [0.1, 0.15) is 0 Å². The lowest BCUT2D eigenvalue weighted by molar-refractivity contribution is 0.0690. The molecule has 4 heteroatoms. The van der Waals surface area contributed by atoms with Crippen molar-refractivity contribution in [3.63, 3.8) is 0 Å². The number of likely N-dealkylation sites (tertiary alicyclic amines) is 1. The first kappa shape index (κ1) is 12.9. The van der Waals surface area contributed by atoms with Crippen LogP contribution in [0.3, 0.4) is 0 Å². The highest BCUT2D eigenvalue weighted by Crippen LogP contribution is 2.37. The van der Waals surface area contributed by atoms with Crippen LogP contribution in [0.5, 0.6) is 0 Å². The Balaban J connectivity index is 1.83. The Labute approximate surface area is 119 Å². The number of fused-ring (bicyclic) bond motifs is 1. The summed E-state index contributed by atoms with van der Waals surface area (Å²) in [5.41, 5.74) is 1.40. The standard InChI is InChI=1S/C15H19ClN2O/c1-10-8-13(16)12(9-17-10)15(19)18-7-6-11-4-2-3-5-14(11)18/h8-9,11,14H,2-7H2,1H3. The van der Waals surface area contributed by atoms with Gasteiger partial charge in [-0.2, -0.15) is 0 Å². The van der Waals surface area contributed by atoms with E-state index in [4.69, 9.17) is 11.6 Å². The zero-order valence-electron chi connectivity index (χ0n) is 11.2. The molecular formula is C15H19ClN2O. The van der Waals surface area contributed by atoms with Crippen LogP contribution in [-0.2, 0) is 0 Å². The minimum Gasteiger partial charge on any atom is -0.335 e. The number of hydrogen-bond donors (Lipinski definition) is 0. The highest BCUT2D eigenvalue weighted by atomic mass is 35.5. The van der Waals surface area contributed by atoms with Crippen LogP contribution in [0.2, 0.25) is 5.02 Å². The Morgan fingerprint density at radius 3 is 2.95 bits per heavy atom. The second-order valence-electron chi connectivity index (χ2n) is 5.70. The molecule has 2 unspecified atom stereocenters. The van der Waals surface area contributed by atoms with Gasteiger partial charge in [-0.1, -0.05) is 24.4 Å². The Bertz CT molecular complexity index is 503. The normalized spacial score (nSPS) is 26.3. The third-order valence-electron chi connectivity index (χ3n) is 4.49. The largest absolute Gasteiger partial charge is 0.335 e. The molecule has 19 heavy (non-hydrogen) atoms. The predicted octanol–water partition coefficient (Wildman–Crippen LogP) is 3.45. The molecule has 2 fully saturated rings. The van der Waals surface area contributed by atoms with Gasteiger partial charge >= 0.3 is 0 Å². The highest BCUT2D eigenvalue weighted by molar-refractivity contribution is 6.33. The zero-order chi connectivity index (χ0) is 13.4. The van der Waals surface area contributed by atoms with Crippen molar-refractivity contribution in [1.29, 1.82) is 0 Å². The number of halogens is 1. The Morgan fingerprint density at radius 1 is 1.37 bits per heavy atom. The molecule has 1 aliphatic carbocycles. The summed E-state index contributed by atoms with van der Waals surface area (Å²) < 4.78 is 0. The van der Waals surface area contributed by atoms with E-state index < -0.39 is 0 Å². The summed E-state index contributed by atoms with van der Waals surface area (Å²) in [5, 5.41) is 0.525. The molecule has 2 atom stereocenters. The van der Waals surface area contributed by atoms with Crippen LogP contribution < -0.4 is 0 Å². The van der Waals surface area contributed by atoms with E-state index in [1.807, 2.05) is 11.8 Å². The van der Waals surface area contributed by atoms with Crippen LogP contribution in [0, 0.1) is 12.8 Å². The van der Waals surface area contributed by atoms with Crippen molar-refractivity contribution >= 4 is 17.5 Å². The van der Waals surface area contributed by atoms with E-state index in [1.54, 1.807) is 12.3 Å². The van der Waals surface area contributed by atoms with Crippen molar-refractivity contribution < 1.29 is 4.79 Å². The van der Waals surface area contributed by atoms with Gasteiger partial charge in [-0.05, 0) is 38.2 Å². The summed E-state index contributed by atoms with van der Waals surface area (Å²) in [6.45, 7) is 2.76. The van der Waals surface area contributed by atoms with E-state index in [0.29, 0.717) is 22.5 Å². The van der Waals surface area contributed by atoms with Crippen LogP contribution in [0.1, 0.15) is 48.2 Å². The first-order valence-electron chi connectivity index (χ1n) is 7.10. The Hall–Kier alpha value is -1.09. The summed E-state index contributed by atoms with van der Waals surface area (Å²) in [5.74, 6) is 0.766. The van der Waals surface area contributed by atoms with Crippen LogP contribution >= 0.6 is 11.6 Å². The molecule has 2 heterocycles. The van der Waals surface area contributed by atoms with Crippen molar-refractivity contribution in [3.8, 4) is 0 Å². The molecule has 1 aromatic rings. The van der Waals surface area contributed by atoms with Crippen LogP contribution in [-0.4, -0.2) is 28.4 Å². The predicted molar refractivity (Wildman–Crippen MR) is 75.4 cm³/mol. The first-order valence-corrected chi connectivity index (χ1v) is 7.48. The third kappa shape index (κ3) is 2.36. The maximum Gasteiger partial charge on any atom is 0.257 e. The van der Waals surface area contributed by atoms with Gasteiger partial charge in [-0.15, -0.1) is 0 Å². The number of amides is 1. The molecule has 1 aliphatic heterocycles. The molecule has 0 spiro atoms. The lowest BCUT2D eigenvalue weighted by Gasteiger charge is -2.31. The van der Waals surface area contributed by atoms with E-state index >= 15 is 0 Å². The highest BCUT2D eigenvalue weighted by Gasteiger charge is 2.38. The number of carbonyl (C=O) groups is 1. The number of hydrogen-bond acceptors (Lipinski definition) is 2. The fourth-order valence-corrected chi connectivity index (χ4v) is 3.78. The number of nitrogens with zero attached hydrogens (tertiary/aromatic N) is 2. The molecule has 1 saturated heterocycles. The molecule has 1 aromatic heterocycles. The van der Waals surface area contributed by atoms with Gasteiger partial charge in [0.05, 0.1) is 10.6 Å². The van der Waals surface area contributed by atoms with E-state index in [1.165, 1.54) is 19.3 Å². The lowest BCUT2D eigenvalue weighted by Crippen LogP contribution is -2.39. The van der Waals surface area contributed by atoms with Crippen LogP contribution in [0.15, 0.2) is 12.3 Å². The van der Waals surface area contributed by atoms with E-state index in [-0.39, 0.29) is 5.91 Å². The number of rotatable bonds is 1. The molecule has 3 nitrogen and oxygen atoms in total. The van der Waals surface area contributed by atoms with E-state index in [9.17, 15) is 4.79 Å². The molecule has 3 rings (SSSR count). The maximum absolute atomic E-state index is 12.6. The molecular weight excluding hydrogens is 260 g/mol. The second-order valence-corrected chi connectivity index (χ2v) is 6.11. The number of carbonyl (C=O) groups excluding carboxylic acids is 1. The molecule has 0 radical (unpaired) electrons. The summed E-state index contributed by atoms with van der Waals surface area (Å²) in [4.78, 5) is 18.9. The monoisotopic (exact) mass is 278 g/mol. The Kier molecular flexibility index (Phi) is 3.48. The third-order valence-corrected chi connectivity index (χ3v) is 4.80. The number of aryl methyl sites for hydroxylation is 1. The van der Waals surface area contributed by atoms with Crippen molar-refractivity contribution in [2.24, 2.45) is 5.92 Å². The zero-order valence-corrected chi connectivity index (χ0v) is 12.0. The van der Waals surface area contributed by atoms with E-state index in [0.717, 1.165) is 25.1 Å². The minimum atomic E-state index is 0.0619. The number of aromatic nitrogens is 1. The van der Waals surface area contributed by atoms with Crippen molar-refractivity contribution in [2.45, 2.75) is 45.1 Å². The molecule has 0 N–H and O–H groups in total. The summed E-state index contributed by atoms with van der Waals surface area (Å²) >= 11 is 6.19. The van der Waals surface area contributed by atoms with E-state index in [2.05, 4.69) is 4.98 Å².